The molecule has 3 rings (SSSR count). The van der Waals surface area contributed by atoms with E-state index in [2.05, 4.69) is 6.07 Å². The number of hydrogen-bond acceptors (Lipinski definition) is 3. The van der Waals surface area contributed by atoms with Crippen LogP contribution in [0.1, 0.15) is 11.1 Å². The molecule has 0 fully saturated rings. The smallest absolute Gasteiger partial charge is 0.269 e. The fourth-order valence-electron chi connectivity index (χ4n) is 2.43. The van der Waals surface area contributed by atoms with Crippen molar-refractivity contribution in [1.29, 1.82) is 5.41 Å². The highest BCUT2D eigenvalue weighted by Crippen LogP contribution is 2.26. The zero-order valence-electron chi connectivity index (χ0n) is 11.2. The molecule has 0 radical (unpaired) electrons. The molecule has 108 valence electrons. The van der Waals surface area contributed by atoms with E-state index >= 15 is 0 Å². The molecule has 0 spiro atoms. The van der Waals surface area contributed by atoms with E-state index in [9.17, 15) is 10.1 Å². The number of nitro groups is 1. The number of anilines is 1. The second kappa shape index (κ2) is 6.05. The molecule has 1 aliphatic heterocycles. The standard InChI is InChI=1S/C15H13N3O2.BrH/c16-15-9-11-3-1-2-4-12(11)10-17(15)13-5-7-14(8-6-13)18(19)20;/h1-8,16H,9-10H2;1H. The molecule has 0 saturated carbocycles. The van der Waals surface area contributed by atoms with Crippen molar-refractivity contribution in [2.45, 2.75) is 13.0 Å². The van der Waals surface area contributed by atoms with Crippen molar-refractivity contribution in [2.24, 2.45) is 0 Å². The van der Waals surface area contributed by atoms with E-state index in [1.807, 2.05) is 23.1 Å². The van der Waals surface area contributed by atoms with Gasteiger partial charge < -0.3 is 4.90 Å². The number of nitrogens with zero attached hydrogens (tertiary/aromatic N) is 2. The number of nitrogens with one attached hydrogen (secondary N) is 1. The van der Waals surface area contributed by atoms with Gasteiger partial charge in [0.2, 0.25) is 0 Å². The maximum Gasteiger partial charge on any atom is 0.269 e. The van der Waals surface area contributed by atoms with E-state index in [1.54, 1.807) is 12.1 Å². The summed E-state index contributed by atoms with van der Waals surface area (Å²) in [6.45, 7) is 0.632. The summed E-state index contributed by atoms with van der Waals surface area (Å²) in [6.07, 6.45) is 0.590. The molecule has 0 atom stereocenters. The van der Waals surface area contributed by atoms with Gasteiger partial charge in [0.15, 0.2) is 0 Å². The second-order valence-corrected chi connectivity index (χ2v) is 4.75. The van der Waals surface area contributed by atoms with Gasteiger partial charge in [-0.05, 0) is 23.3 Å². The Balaban J connectivity index is 0.00000161. The fraction of sp³-hybridized carbons (Fsp3) is 0.133. The largest absolute Gasteiger partial charge is 0.326 e. The average molecular weight is 348 g/mol. The van der Waals surface area contributed by atoms with Gasteiger partial charge in [0, 0.05) is 30.8 Å². The highest BCUT2D eigenvalue weighted by Gasteiger charge is 2.21. The van der Waals surface area contributed by atoms with Crippen LogP contribution in [0, 0.1) is 15.5 Å². The Morgan fingerprint density at radius 3 is 2.29 bits per heavy atom. The molecule has 0 aliphatic carbocycles. The first kappa shape index (κ1) is 15.2. The van der Waals surface area contributed by atoms with Crippen molar-refractivity contribution in [3.63, 3.8) is 0 Å². The fourth-order valence-corrected chi connectivity index (χ4v) is 2.43. The molecule has 21 heavy (non-hydrogen) atoms. The van der Waals surface area contributed by atoms with E-state index in [0.717, 1.165) is 5.69 Å². The number of amidine groups is 1. The number of hydrogen-bond donors (Lipinski definition) is 1. The summed E-state index contributed by atoms with van der Waals surface area (Å²) in [5.74, 6) is 0.512. The molecule has 0 saturated heterocycles. The summed E-state index contributed by atoms with van der Waals surface area (Å²) < 4.78 is 0. The van der Waals surface area contributed by atoms with Crippen LogP contribution in [0.5, 0.6) is 0 Å². The van der Waals surface area contributed by atoms with Crippen molar-refractivity contribution in [3.8, 4) is 0 Å². The Morgan fingerprint density at radius 2 is 1.67 bits per heavy atom. The first-order valence-electron chi connectivity index (χ1n) is 6.31. The van der Waals surface area contributed by atoms with Crippen LogP contribution in [0.15, 0.2) is 48.5 Å². The normalized spacial score (nSPS) is 13.3. The van der Waals surface area contributed by atoms with Gasteiger partial charge >= 0.3 is 0 Å². The minimum atomic E-state index is -0.416. The first-order chi connectivity index (χ1) is 9.65. The van der Waals surface area contributed by atoms with Gasteiger partial charge in [-0.3, -0.25) is 15.5 Å². The van der Waals surface area contributed by atoms with Crippen molar-refractivity contribution < 1.29 is 4.92 Å². The molecular formula is C15H14BrN3O2. The third-order valence-electron chi connectivity index (χ3n) is 3.50. The van der Waals surface area contributed by atoms with Crippen molar-refractivity contribution in [1.82, 2.24) is 0 Å². The van der Waals surface area contributed by atoms with E-state index in [1.165, 1.54) is 23.3 Å². The van der Waals surface area contributed by atoms with Gasteiger partial charge in [0.1, 0.15) is 5.84 Å². The highest BCUT2D eigenvalue weighted by atomic mass is 79.9. The summed E-state index contributed by atoms with van der Waals surface area (Å²) in [5.41, 5.74) is 3.25. The topological polar surface area (TPSA) is 70.2 Å². The molecule has 6 heteroatoms. The summed E-state index contributed by atoms with van der Waals surface area (Å²) in [6, 6.07) is 14.4. The SMILES string of the molecule is Br.N=C1Cc2ccccc2CN1c1ccc([N+](=O)[O-])cc1. The third-order valence-corrected chi connectivity index (χ3v) is 3.50. The molecule has 1 heterocycles. The Kier molecular flexibility index (Phi) is 4.37. The molecule has 1 aliphatic rings. The van der Waals surface area contributed by atoms with Crippen LogP contribution in [-0.4, -0.2) is 10.8 Å². The van der Waals surface area contributed by atoms with Crippen LogP contribution in [0.25, 0.3) is 0 Å². The number of nitro benzene ring substituents is 1. The number of rotatable bonds is 2. The highest BCUT2D eigenvalue weighted by molar-refractivity contribution is 8.93. The van der Waals surface area contributed by atoms with Crippen molar-refractivity contribution in [3.05, 3.63) is 69.8 Å². The van der Waals surface area contributed by atoms with E-state index in [4.69, 9.17) is 5.41 Å². The van der Waals surface area contributed by atoms with E-state index in [-0.39, 0.29) is 22.7 Å². The van der Waals surface area contributed by atoms with E-state index < -0.39 is 4.92 Å². The van der Waals surface area contributed by atoms with Gasteiger partial charge in [0.25, 0.3) is 5.69 Å². The summed E-state index contributed by atoms with van der Waals surface area (Å²) in [4.78, 5) is 12.1. The Hall–Kier alpha value is -2.21. The average Bonchev–Trinajstić information content (AvgIpc) is 2.46. The molecule has 0 bridgehead atoms. The molecule has 0 unspecified atom stereocenters. The lowest BCUT2D eigenvalue weighted by atomic mass is 9.98. The predicted molar refractivity (Wildman–Crippen MR) is 87.5 cm³/mol. The molecule has 2 aromatic rings. The number of benzene rings is 2. The van der Waals surface area contributed by atoms with Crippen LogP contribution < -0.4 is 4.90 Å². The maximum absolute atomic E-state index is 10.7. The summed E-state index contributed by atoms with van der Waals surface area (Å²) >= 11 is 0. The number of halogens is 1. The predicted octanol–water partition coefficient (Wildman–Crippen LogP) is 3.71. The van der Waals surface area contributed by atoms with Crippen molar-refractivity contribution in [2.75, 3.05) is 4.90 Å². The molecule has 5 nitrogen and oxygen atoms in total. The van der Waals surface area contributed by atoms with Gasteiger partial charge in [-0.1, -0.05) is 24.3 Å². The lowest BCUT2D eigenvalue weighted by Crippen LogP contribution is -2.35. The number of fused-ring (bicyclic) bond motifs is 1. The first-order valence-corrected chi connectivity index (χ1v) is 6.31. The Labute approximate surface area is 132 Å². The zero-order valence-corrected chi connectivity index (χ0v) is 12.9. The maximum atomic E-state index is 10.7. The van der Waals surface area contributed by atoms with Crippen LogP contribution in [0.4, 0.5) is 11.4 Å². The van der Waals surface area contributed by atoms with Gasteiger partial charge in [-0.25, -0.2) is 0 Å². The van der Waals surface area contributed by atoms with Gasteiger partial charge in [-0.15, -0.1) is 17.0 Å². The Morgan fingerprint density at radius 1 is 1.05 bits per heavy atom. The lowest BCUT2D eigenvalue weighted by Gasteiger charge is -2.31. The molecule has 2 aromatic carbocycles. The Bertz CT molecular complexity index is 686. The monoisotopic (exact) mass is 347 g/mol. The molecule has 0 aromatic heterocycles. The lowest BCUT2D eigenvalue weighted by molar-refractivity contribution is -0.384. The zero-order chi connectivity index (χ0) is 14.1. The quantitative estimate of drug-likeness (QED) is 0.664. The van der Waals surface area contributed by atoms with Gasteiger partial charge in [-0.2, -0.15) is 0 Å². The molecular weight excluding hydrogens is 334 g/mol. The van der Waals surface area contributed by atoms with Crippen LogP contribution in [-0.2, 0) is 13.0 Å². The number of non-ortho nitro benzene ring substituents is 1. The van der Waals surface area contributed by atoms with Crippen molar-refractivity contribution >= 4 is 34.2 Å². The van der Waals surface area contributed by atoms with Crippen LogP contribution in [0.2, 0.25) is 0 Å². The van der Waals surface area contributed by atoms with Gasteiger partial charge in [0.05, 0.1) is 4.92 Å². The molecule has 1 N–H and O–H groups in total. The molecule has 0 amide bonds. The second-order valence-electron chi connectivity index (χ2n) is 4.75. The van der Waals surface area contributed by atoms with Crippen LogP contribution in [0.3, 0.4) is 0 Å². The van der Waals surface area contributed by atoms with Crippen LogP contribution >= 0.6 is 17.0 Å². The summed E-state index contributed by atoms with van der Waals surface area (Å²) in [7, 11) is 0. The third kappa shape index (κ3) is 2.95. The minimum Gasteiger partial charge on any atom is -0.326 e. The minimum absolute atomic E-state index is 0. The summed E-state index contributed by atoms with van der Waals surface area (Å²) in [5, 5.41) is 18.8. The van der Waals surface area contributed by atoms with E-state index in [0.29, 0.717) is 18.8 Å².